The summed E-state index contributed by atoms with van der Waals surface area (Å²) in [4.78, 5) is 32.2. The number of aromatic nitrogens is 3. The van der Waals surface area contributed by atoms with Crippen molar-refractivity contribution in [2.75, 3.05) is 0 Å². The largest absolute Gasteiger partial charge is 0.320 e. The molecule has 2 heterocycles. The van der Waals surface area contributed by atoms with Crippen molar-refractivity contribution in [3.63, 3.8) is 0 Å². The van der Waals surface area contributed by atoms with Crippen LogP contribution < -0.4 is 0 Å². The molecule has 0 aliphatic rings. The third-order valence-corrected chi connectivity index (χ3v) is 3.57. The van der Waals surface area contributed by atoms with E-state index in [1.165, 1.54) is 0 Å². The van der Waals surface area contributed by atoms with Crippen LogP contribution in [0.15, 0.2) is 18.6 Å². The first kappa shape index (κ1) is 15.4. The zero-order chi connectivity index (χ0) is 15.4. The highest BCUT2D eigenvalue weighted by molar-refractivity contribution is 5.86. The first-order valence-electron chi connectivity index (χ1n) is 7.34. The van der Waals surface area contributed by atoms with Crippen molar-refractivity contribution in [3.8, 4) is 0 Å². The summed E-state index contributed by atoms with van der Waals surface area (Å²) in [6.45, 7) is 5.46. The zero-order valence-corrected chi connectivity index (χ0v) is 12.8. The van der Waals surface area contributed by atoms with Crippen LogP contribution in [0.4, 0.5) is 0 Å². The highest BCUT2D eigenvalue weighted by Crippen LogP contribution is 2.24. The van der Waals surface area contributed by atoms with Crippen molar-refractivity contribution >= 4 is 22.6 Å². The lowest BCUT2D eigenvalue weighted by molar-refractivity contribution is -0.122. The molecule has 0 aliphatic heterocycles. The van der Waals surface area contributed by atoms with Crippen LogP contribution in [0.25, 0.3) is 11.0 Å². The quantitative estimate of drug-likeness (QED) is 0.785. The number of aryl methyl sites for hydroxylation is 1. The maximum absolute atomic E-state index is 12.4. The number of nitrogens with zero attached hydrogens (tertiary/aromatic N) is 3. The van der Waals surface area contributed by atoms with Crippen molar-refractivity contribution < 1.29 is 9.59 Å². The Kier molecular flexibility index (Phi) is 4.83. The number of pyridine rings is 1. The first-order valence-corrected chi connectivity index (χ1v) is 7.34. The number of ketones is 2. The first-order chi connectivity index (χ1) is 10.0. The van der Waals surface area contributed by atoms with Crippen molar-refractivity contribution in [3.05, 3.63) is 24.3 Å². The van der Waals surface area contributed by atoms with E-state index in [9.17, 15) is 9.59 Å². The van der Waals surface area contributed by atoms with Gasteiger partial charge in [0.1, 0.15) is 11.3 Å². The molecule has 0 saturated heterocycles. The fourth-order valence-corrected chi connectivity index (χ4v) is 2.49. The van der Waals surface area contributed by atoms with Crippen LogP contribution in [0.2, 0.25) is 0 Å². The van der Waals surface area contributed by atoms with Gasteiger partial charge in [-0.15, -0.1) is 0 Å². The molecule has 0 aromatic carbocycles. The van der Waals surface area contributed by atoms with Crippen LogP contribution in [0.3, 0.4) is 0 Å². The van der Waals surface area contributed by atoms with Crippen LogP contribution in [0, 0.1) is 6.92 Å². The van der Waals surface area contributed by atoms with Gasteiger partial charge in [0.2, 0.25) is 0 Å². The lowest BCUT2D eigenvalue weighted by Crippen LogP contribution is -2.19. The molecule has 0 saturated carbocycles. The zero-order valence-electron chi connectivity index (χ0n) is 12.8. The number of rotatable bonds is 7. The summed E-state index contributed by atoms with van der Waals surface area (Å²) in [5, 5.41) is 0. The molecule has 1 atom stereocenters. The van der Waals surface area contributed by atoms with Crippen LogP contribution in [-0.2, 0) is 9.59 Å². The topological polar surface area (TPSA) is 64.8 Å². The highest BCUT2D eigenvalue weighted by Gasteiger charge is 2.22. The van der Waals surface area contributed by atoms with E-state index in [1.54, 1.807) is 19.4 Å². The molecule has 2 rings (SSSR count). The Labute approximate surface area is 124 Å². The number of hydrogen-bond acceptors (Lipinski definition) is 4. The molecule has 112 valence electrons. The minimum atomic E-state index is -0.319. The number of hydrogen-bond donors (Lipinski definition) is 0. The molecule has 0 spiro atoms. The number of fused-ring (bicyclic) bond motifs is 1. The molecule has 0 bridgehead atoms. The van der Waals surface area contributed by atoms with Crippen LogP contribution in [-0.4, -0.2) is 26.1 Å². The van der Waals surface area contributed by atoms with Gasteiger partial charge in [0, 0.05) is 18.5 Å². The van der Waals surface area contributed by atoms with Gasteiger partial charge in [0.05, 0.1) is 24.1 Å². The highest BCUT2D eigenvalue weighted by atomic mass is 16.1. The molecule has 5 heteroatoms. The van der Waals surface area contributed by atoms with E-state index < -0.39 is 0 Å². The molecule has 0 N–H and O–H groups in total. The average Bonchev–Trinajstić information content (AvgIpc) is 2.82. The van der Waals surface area contributed by atoms with Gasteiger partial charge in [-0.1, -0.05) is 6.92 Å². The van der Waals surface area contributed by atoms with E-state index in [1.807, 2.05) is 24.5 Å². The van der Waals surface area contributed by atoms with Crippen LogP contribution in [0.1, 0.15) is 51.3 Å². The minimum absolute atomic E-state index is 0.103. The van der Waals surface area contributed by atoms with Crippen molar-refractivity contribution in [1.82, 2.24) is 14.5 Å². The Hall–Kier alpha value is -2.04. The van der Waals surface area contributed by atoms with Crippen molar-refractivity contribution in [2.24, 2.45) is 0 Å². The van der Waals surface area contributed by atoms with E-state index in [0.29, 0.717) is 19.3 Å². The SMILES string of the molecule is CCCC(=O)C(CCC(C)=O)n1cnc2cnc(C)cc21. The maximum Gasteiger partial charge on any atom is 0.155 e. The molecular formula is C16H21N3O2. The van der Waals surface area contributed by atoms with Crippen molar-refractivity contribution in [1.29, 1.82) is 0 Å². The second-order valence-corrected chi connectivity index (χ2v) is 5.44. The molecule has 5 nitrogen and oxygen atoms in total. The number of imidazole rings is 1. The summed E-state index contributed by atoms with van der Waals surface area (Å²) in [6.07, 6.45) is 5.66. The summed E-state index contributed by atoms with van der Waals surface area (Å²) >= 11 is 0. The van der Waals surface area contributed by atoms with Gasteiger partial charge in [-0.05, 0) is 32.8 Å². The van der Waals surface area contributed by atoms with E-state index >= 15 is 0 Å². The average molecular weight is 287 g/mol. The van der Waals surface area contributed by atoms with Gasteiger partial charge >= 0.3 is 0 Å². The summed E-state index contributed by atoms with van der Waals surface area (Å²) in [5.41, 5.74) is 2.57. The van der Waals surface area contributed by atoms with E-state index in [-0.39, 0.29) is 17.6 Å². The monoisotopic (exact) mass is 287 g/mol. The summed E-state index contributed by atoms with van der Waals surface area (Å²) in [6, 6.07) is 1.61. The molecule has 21 heavy (non-hydrogen) atoms. The predicted octanol–water partition coefficient (Wildman–Crippen LogP) is 3.02. The Morgan fingerprint density at radius 2 is 2.05 bits per heavy atom. The minimum Gasteiger partial charge on any atom is -0.320 e. The van der Waals surface area contributed by atoms with Crippen LogP contribution in [0.5, 0.6) is 0 Å². The van der Waals surface area contributed by atoms with Gasteiger partial charge in [0.25, 0.3) is 0 Å². The fourth-order valence-electron chi connectivity index (χ4n) is 2.49. The van der Waals surface area contributed by atoms with Gasteiger partial charge in [-0.25, -0.2) is 4.98 Å². The number of Topliss-reactive ketones (excluding diaryl/α,β-unsaturated/α-hetero) is 2. The Bertz CT molecular complexity index is 661. The van der Waals surface area contributed by atoms with Gasteiger partial charge in [0.15, 0.2) is 5.78 Å². The summed E-state index contributed by atoms with van der Waals surface area (Å²) < 4.78 is 1.89. The van der Waals surface area contributed by atoms with E-state index in [4.69, 9.17) is 0 Å². The summed E-state index contributed by atoms with van der Waals surface area (Å²) in [7, 11) is 0. The maximum atomic E-state index is 12.4. The van der Waals surface area contributed by atoms with Crippen LogP contribution >= 0.6 is 0 Å². The summed E-state index contributed by atoms with van der Waals surface area (Å²) in [5.74, 6) is 0.263. The van der Waals surface area contributed by atoms with Gasteiger partial charge in [-0.2, -0.15) is 0 Å². The van der Waals surface area contributed by atoms with Crippen molar-refractivity contribution in [2.45, 2.75) is 52.5 Å². The standard InChI is InChI=1S/C16H21N3O2/c1-4-5-16(21)14(7-6-12(3)20)19-10-18-13-9-17-11(2)8-15(13)19/h8-10,14H,4-7H2,1-3H3. The Morgan fingerprint density at radius 3 is 2.71 bits per heavy atom. The fraction of sp³-hybridized carbons (Fsp3) is 0.500. The molecule has 1 unspecified atom stereocenters. The predicted molar refractivity (Wildman–Crippen MR) is 81.1 cm³/mol. The second kappa shape index (κ2) is 6.61. The van der Waals surface area contributed by atoms with E-state index in [0.717, 1.165) is 23.1 Å². The molecule has 2 aromatic rings. The molecule has 2 aromatic heterocycles. The van der Waals surface area contributed by atoms with Gasteiger partial charge < -0.3 is 9.36 Å². The number of carbonyl (C=O) groups excluding carboxylic acids is 2. The second-order valence-electron chi connectivity index (χ2n) is 5.44. The Balaban J connectivity index is 2.39. The normalized spacial score (nSPS) is 12.5. The number of carbonyl (C=O) groups is 2. The smallest absolute Gasteiger partial charge is 0.155 e. The lowest BCUT2D eigenvalue weighted by Gasteiger charge is -2.17. The molecular weight excluding hydrogens is 266 g/mol. The molecule has 0 aliphatic carbocycles. The molecule has 0 amide bonds. The molecule has 0 fully saturated rings. The third-order valence-electron chi connectivity index (χ3n) is 3.57. The van der Waals surface area contributed by atoms with Gasteiger partial charge in [-0.3, -0.25) is 9.78 Å². The third kappa shape index (κ3) is 3.54. The Morgan fingerprint density at radius 1 is 1.29 bits per heavy atom. The van der Waals surface area contributed by atoms with E-state index in [2.05, 4.69) is 9.97 Å². The molecule has 0 radical (unpaired) electrons. The lowest BCUT2D eigenvalue weighted by atomic mass is 10.0.